The highest BCUT2D eigenvalue weighted by Gasteiger charge is 2.44. The van der Waals surface area contributed by atoms with Crippen LogP contribution in [0, 0.1) is 5.41 Å². The second-order valence-electron chi connectivity index (χ2n) is 4.23. The molecular weight excluding hydrogens is 219 g/mol. The van der Waals surface area contributed by atoms with Crippen molar-refractivity contribution >= 4 is 23.2 Å². The van der Waals surface area contributed by atoms with Gasteiger partial charge in [0, 0.05) is 0 Å². The molecule has 1 aliphatic rings. The Kier molecular flexibility index (Phi) is 2.50. The molecule has 3 heteroatoms. The minimum Gasteiger partial charge on any atom is -0.388 e. The molecule has 1 N–H and O–H groups in total. The Morgan fingerprint density at radius 2 is 1.93 bits per heavy atom. The second-order valence-corrected chi connectivity index (χ2v) is 5.04. The van der Waals surface area contributed by atoms with Gasteiger partial charge in [-0.25, -0.2) is 0 Å². The van der Waals surface area contributed by atoms with Crippen LogP contribution in [-0.4, -0.2) is 5.11 Å². The lowest BCUT2D eigenvalue weighted by molar-refractivity contribution is 0.104. The van der Waals surface area contributed by atoms with Crippen LogP contribution in [0.1, 0.15) is 31.4 Å². The Labute approximate surface area is 93.7 Å². The van der Waals surface area contributed by atoms with Crippen LogP contribution in [-0.2, 0) is 0 Å². The first kappa shape index (κ1) is 10.3. The van der Waals surface area contributed by atoms with Crippen molar-refractivity contribution in [3.05, 3.63) is 33.8 Å². The minimum absolute atomic E-state index is 0.0527. The maximum absolute atomic E-state index is 10.0. The Balaban J connectivity index is 2.28. The maximum atomic E-state index is 10.0. The molecule has 1 aliphatic carbocycles. The van der Waals surface area contributed by atoms with Crippen LogP contribution in [0.15, 0.2) is 18.2 Å². The van der Waals surface area contributed by atoms with E-state index in [0.29, 0.717) is 10.0 Å². The first-order valence-corrected chi connectivity index (χ1v) is 5.41. The zero-order valence-corrected chi connectivity index (χ0v) is 9.44. The Bertz CT molecular complexity index is 358. The standard InChI is InChI=1S/C11H12Cl2O/c1-11(4-5-11)10(14)7-2-3-8(12)9(13)6-7/h2-3,6,10,14H,4-5H2,1H3. The molecule has 1 unspecified atom stereocenters. The van der Waals surface area contributed by atoms with Crippen molar-refractivity contribution in [3.8, 4) is 0 Å². The highest BCUT2D eigenvalue weighted by atomic mass is 35.5. The third kappa shape index (κ3) is 1.77. The fraction of sp³-hybridized carbons (Fsp3) is 0.455. The molecule has 0 amide bonds. The number of aliphatic hydroxyl groups excluding tert-OH is 1. The molecule has 1 aromatic carbocycles. The quantitative estimate of drug-likeness (QED) is 0.820. The van der Waals surface area contributed by atoms with Crippen molar-refractivity contribution in [1.29, 1.82) is 0 Å². The van der Waals surface area contributed by atoms with E-state index in [1.165, 1.54) is 0 Å². The fourth-order valence-corrected chi connectivity index (χ4v) is 1.86. The zero-order valence-electron chi connectivity index (χ0n) is 7.93. The van der Waals surface area contributed by atoms with E-state index >= 15 is 0 Å². The molecule has 0 spiro atoms. The molecule has 2 rings (SSSR count). The van der Waals surface area contributed by atoms with E-state index in [2.05, 4.69) is 6.92 Å². The molecule has 0 aromatic heterocycles. The summed E-state index contributed by atoms with van der Waals surface area (Å²) in [6.07, 6.45) is 1.74. The Morgan fingerprint density at radius 1 is 1.29 bits per heavy atom. The number of halogens is 2. The first-order chi connectivity index (χ1) is 6.53. The van der Waals surface area contributed by atoms with Gasteiger partial charge >= 0.3 is 0 Å². The van der Waals surface area contributed by atoms with E-state index in [9.17, 15) is 5.11 Å². The van der Waals surface area contributed by atoms with E-state index in [0.717, 1.165) is 18.4 Å². The van der Waals surface area contributed by atoms with Crippen LogP contribution in [0.3, 0.4) is 0 Å². The van der Waals surface area contributed by atoms with Gasteiger partial charge in [-0.05, 0) is 36.0 Å². The molecule has 76 valence electrons. The van der Waals surface area contributed by atoms with Crippen molar-refractivity contribution in [2.75, 3.05) is 0 Å². The van der Waals surface area contributed by atoms with Crippen LogP contribution >= 0.6 is 23.2 Å². The molecular formula is C11H12Cl2O. The van der Waals surface area contributed by atoms with Gasteiger partial charge < -0.3 is 5.11 Å². The molecule has 0 aliphatic heterocycles. The summed E-state index contributed by atoms with van der Waals surface area (Å²) in [7, 11) is 0. The molecule has 14 heavy (non-hydrogen) atoms. The molecule has 0 radical (unpaired) electrons. The summed E-state index contributed by atoms with van der Waals surface area (Å²) < 4.78 is 0. The summed E-state index contributed by atoms with van der Waals surface area (Å²) in [5.41, 5.74) is 0.913. The lowest BCUT2D eigenvalue weighted by atomic mass is 9.95. The number of hydrogen-bond donors (Lipinski definition) is 1. The fourth-order valence-electron chi connectivity index (χ4n) is 1.56. The summed E-state index contributed by atoms with van der Waals surface area (Å²) in [4.78, 5) is 0. The van der Waals surface area contributed by atoms with Crippen LogP contribution in [0.2, 0.25) is 10.0 Å². The normalized spacial score (nSPS) is 20.6. The van der Waals surface area contributed by atoms with Crippen molar-refractivity contribution < 1.29 is 5.11 Å². The molecule has 1 atom stereocenters. The maximum Gasteiger partial charge on any atom is 0.0844 e. The predicted octanol–water partition coefficient (Wildman–Crippen LogP) is 3.83. The number of hydrogen-bond acceptors (Lipinski definition) is 1. The SMILES string of the molecule is CC1(C(O)c2ccc(Cl)c(Cl)c2)CC1. The third-order valence-electron chi connectivity index (χ3n) is 2.96. The van der Waals surface area contributed by atoms with Gasteiger partial charge in [0.15, 0.2) is 0 Å². The second kappa shape index (κ2) is 3.41. The van der Waals surface area contributed by atoms with E-state index in [1.54, 1.807) is 12.1 Å². The zero-order chi connectivity index (χ0) is 10.3. The lowest BCUT2D eigenvalue weighted by Gasteiger charge is -2.18. The van der Waals surface area contributed by atoms with Gasteiger partial charge in [0.1, 0.15) is 0 Å². The van der Waals surface area contributed by atoms with Gasteiger partial charge in [-0.2, -0.15) is 0 Å². The van der Waals surface area contributed by atoms with E-state index < -0.39 is 6.10 Å². The molecule has 1 saturated carbocycles. The van der Waals surface area contributed by atoms with Crippen molar-refractivity contribution in [1.82, 2.24) is 0 Å². The number of aliphatic hydroxyl groups is 1. The van der Waals surface area contributed by atoms with Crippen LogP contribution in [0.5, 0.6) is 0 Å². The predicted molar refractivity (Wildman–Crippen MR) is 58.8 cm³/mol. The van der Waals surface area contributed by atoms with Crippen LogP contribution in [0.4, 0.5) is 0 Å². The summed E-state index contributed by atoms with van der Waals surface area (Å²) in [5, 5.41) is 11.1. The molecule has 0 saturated heterocycles. The minimum atomic E-state index is -0.419. The summed E-state index contributed by atoms with van der Waals surface area (Å²) in [6.45, 7) is 2.08. The van der Waals surface area contributed by atoms with E-state index in [4.69, 9.17) is 23.2 Å². The molecule has 0 bridgehead atoms. The van der Waals surface area contributed by atoms with Crippen molar-refractivity contribution in [3.63, 3.8) is 0 Å². The van der Waals surface area contributed by atoms with Gasteiger partial charge in [-0.15, -0.1) is 0 Å². The van der Waals surface area contributed by atoms with Crippen LogP contribution in [0.25, 0.3) is 0 Å². The van der Waals surface area contributed by atoms with Gasteiger partial charge in [-0.1, -0.05) is 36.2 Å². The molecule has 1 aromatic rings. The van der Waals surface area contributed by atoms with Crippen LogP contribution < -0.4 is 0 Å². The average molecular weight is 231 g/mol. The van der Waals surface area contributed by atoms with Crippen molar-refractivity contribution in [2.45, 2.75) is 25.9 Å². The van der Waals surface area contributed by atoms with Gasteiger partial charge in [0.2, 0.25) is 0 Å². The summed E-state index contributed by atoms with van der Waals surface area (Å²) >= 11 is 11.7. The Hall–Kier alpha value is -0.240. The monoisotopic (exact) mass is 230 g/mol. The largest absolute Gasteiger partial charge is 0.388 e. The van der Waals surface area contributed by atoms with Crippen molar-refractivity contribution in [2.24, 2.45) is 5.41 Å². The van der Waals surface area contributed by atoms with E-state index in [1.807, 2.05) is 6.07 Å². The third-order valence-corrected chi connectivity index (χ3v) is 3.70. The molecule has 0 heterocycles. The lowest BCUT2D eigenvalue weighted by Crippen LogP contribution is -2.09. The van der Waals surface area contributed by atoms with E-state index in [-0.39, 0.29) is 5.41 Å². The molecule has 1 fully saturated rings. The number of rotatable bonds is 2. The summed E-state index contributed by atoms with van der Waals surface area (Å²) in [5.74, 6) is 0. The Morgan fingerprint density at radius 3 is 2.43 bits per heavy atom. The van der Waals surface area contributed by atoms with Gasteiger partial charge in [-0.3, -0.25) is 0 Å². The van der Waals surface area contributed by atoms with Gasteiger partial charge in [0.25, 0.3) is 0 Å². The smallest absolute Gasteiger partial charge is 0.0844 e. The summed E-state index contributed by atoms with van der Waals surface area (Å²) in [6, 6.07) is 5.31. The van der Waals surface area contributed by atoms with Gasteiger partial charge in [0.05, 0.1) is 16.1 Å². The topological polar surface area (TPSA) is 20.2 Å². The number of benzene rings is 1. The molecule has 1 nitrogen and oxygen atoms in total. The highest BCUT2D eigenvalue weighted by molar-refractivity contribution is 6.42. The highest BCUT2D eigenvalue weighted by Crippen LogP contribution is 2.54. The average Bonchev–Trinajstić information content (AvgIpc) is 2.89. The first-order valence-electron chi connectivity index (χ1n) is 4.66.